The Morgan fingerprint density at radius 3 is 1.75 bits per heavy atom. The van der Waals surface area contributed by atoms with Crippen molar-refractivity contribution in [3.05, 3.63) is 90.5 Å². The fraction of sp³-hybridized carbons (Fsp3) is 0.0500. The molecule has 0 amide bonds. The van der Waals surface area contributed by atoms with Crippen molar-refractivity contribution in [1.82, 2.24) is 0 Å². The monoisotopic (exact) mass is 320 g/mol. The first kappa shape index (κ1) is 15.6. The molecule has 24 heavy (non-hydrogen) atoms. The Bertz CT molecular complexity index is 783. The van der Waals surface area contributed by atoms with Gasteiger partial charge in [0, 0.05) is 5.56 Å². The summed E-state index contributed by atoms with van der Waals surface area (Å²) in [7, 11) is 0. The summed E-state index contributed by atoms with van der Waals surface area (Å²) in [5.41, 5.74) is 0.548. The van der Waals surface area contributed by atoms with Crippen molar-refractivity contribution in [2.24, 2.45) is 0 Å². The summed E-state index contributed by atoms with van der Waals surface area (Å²) in [5.74, 6) is 0.819. The van der Waals surface area contributed by atoms with E-state index in [1.54, 1.807) is 48.5 Å². The number of ether oxygens (including phenoxy) is 2. The van der Waals surface area contributed by atoms with Gasteiger partial charge >= 0.3 is 5.97 Å². The van der Waals surface area contributed by atoms with Crippen molar-refractivity contribution >= 4 is 5.97 Å². The maximum atomic E-state index is 11.5. The molecule has 0 fully saturated rings. The van der Waals surface area contributed by atoms with E-state index in [0.717, 1.165) is 5.75 Å². The minimum Gasteiger partial charge on any atom is -0.478 e. The van der Waals surface area contributed by atoms with Gasteiger partial charge in [0.05, 0.1) is 0 Å². The molecule has 0 spiro atoms. The van der Waals surface area contributed by atoms with E-state index in [9.17, 15) is 9.90 Å². The van der Waals surface area contributed by atoms with Crippen LogP contribution in [0.25, 0.3) is 0 Å². The average Bonchev–Trinajstić information content (AvgIpc) is 2.62. The lowest BCUT2D eigenvalue weighted by Gasteiger charge is -2.16. The number of hydrogen-bond acceptors (Lipinski definition) is 3. The molecule has 3 rings (SSSR count). The molecule has 0 aromatic heterocycles. The number of para-hydroxylation sites is 2. The molecule has 0 saturated carbocycles. The summed E-state index contributed by atoms with van der Waals surface area (Å²) in [6.45, 7) is 0. The molecular formula is C20H16O4. The number of carboxylic acid groups (broad SMARTS) is 1. The van der Waals surface area contributed by atoms with Gasteiger partial charge in [0.2, 0.25) is 6.10 Å². The maximum Gasteiger partial charge on any atom is 0.349 e. The van der Waals surface area contributed by atoms with Gasteiger partial charge in [-0.3, -0.25) is 0 Å². The summed E-state index contributed by atoms with van der Waals surface area (Å²) >= 11 is 0. The molecule has 0 aliphatic rings. The van der Waals surface area contributed by atoms with Crippen LogP contribution in [0.4, 0.5) is 0 Å². The highest BCUT2D eigenvalue weighted by atomic mass is 16.5. The first-order valence-electron chi connectivity index (χ1n) is 7.50. The Kier molecular flexibility index (Phi) is 4.77. The molecule has 0 aliphatic carbocycles. The molecule has 4 heteroatoms. The van der Waals surface area contributed by atoms with Gasteiger partial charge in [-0.2, -0.15) is 0 Å². The Labute approximate surface area is 139 Å². The molecule has 0 aliphatic heterocycles. The maximum absolute atomic E-state index is 11.5. The molecule has 1 N–H and O–H groups in total. The van der Waals surface area contributed by atoms with Crippen molar-refractivity contribution in [2.45, 2.75) is 6.10 Å². The van der Waals surface area contributed by atoms with Crippen LogP contribution in [0.2, 0.25) is 0 Å². The lowest BCUT2D eigenvalue weighted by Crippen LogP contribution is -2.18. The Morgan fingerprint density at radius 1 is 0.708 bits per heavy atom. The minimum atomic E-state index is -1.07. The van der Waals surface area contributed by atoms with Crippen LogP contribution in [-0.2, 0) is 4.79 Å². The smallest absolute Gasteiger partial charge is 0.349 e. The van der Waals surface area contributed by atoms with Crippen LogP contribution in [0, 0.1) is 0 Å². The van der Waals surface area contributed by atoms with Gasteiger partial charge in [-0.1, -0.05) is 48.5 Å². The molecular weight excluding hydrogens is 304 g/mol. The predicted molar refractivity (Wildman–Crippen MR) is 90.4 cm³/mol. The second-order valence-corrected chi connectivity index (χ2v) is 5.13. The van der Waals surface area contributed by atoms with Crippen molar-refractivity contribution in [1.29, 1.82) is 0 Å². The van der Waals surface area contributed by atoms with Gasteiger partial charge in [-0.15, -0.1) is 0 Å². The molecule has 3 aromatic rings. The lowest BCUT2D eigenvalue weighted by molar-refractivity contribution is -0.145. The van der Waals surface area contributed by atoms with Gasteiger partial charge in [-0.25, -0.2) is 4.79 Å². The number of benzene rings is 3. The zero-order valence-corrected chi connectivity index (χ0v) is 12.8. The first-order chi connectivity index (χ1) is 11.7. The molecule has 3 aromatic carbocycles. The van der Waals surface area contributed by atoms with E-state index in [-0.39, 0.29) is 0 Å². The quantitative estimate of drug-likeness (QED) is 0.716. The largest absolute Gasteiger partial charge is 0.478 e. The van der Waals surface area contributed by atoms with Crippen LogP contribution in [0.15, 0.2) is 84.9 Å². The van der Waals surface area contributed by atoms with E-state index in [2.05, 4.69) is 0 Å². The molecule has 0 radical (unpaired) electrons. The van der Waals surface area contributed by atoms with Crippen molar-refractivity contribution in [3.8, 4) is 17.2 Å². The van der Waals surface area contributed by atoms with Crippen LogP contribution in [0.1, 0.15) is 11.7 Å². The van der Waals surface area contributed by atoms with E-state index in [1.807, 2.05) is 36.4 Å². The number of rotatable bonds is 6. The zero-order chi connectivity index (χ0) is 16.8. The minimum absolute atomic E-state index is 0.509. The van der Waals surface area contributed by atoms with E-state index in [4.69, 9.17) is 9.47 Å². The van der Waals surface area contributed by atoms with E-state index >= 15 is 0 Å². The van der Waals surface area contributed by atoms with Crippen LogP contribution >= 0.6 is 0 Å². The average molecular weight is 320 g/mol. The first-order valence-corrected chi connectivity index (χ1v) is 7.50. The van der Waals surface area contributed by atoms with Crippen molar-refractivity contribution in [3.63, 3.8) is 0 Å². The fourth-order valence-corrected chi connectivity index (χ4v) is 2.23. The molecule has 4 nitrogen and oxygen atoms in total. The van der Waals surface area contributed by atoms with Gasteiger partial charge in [0.15, 0.2) is 0 Å². The SMILES string of the molecule is O=C(O)[C@@H](Oc1ccccc1)c1ccc(Oc2ccccc2)cc1. The normalized spacial score (nSPS) is 11.5. The topological polar surface area (TPSA) is 55.8 Å². The third-order valence-corrected chi connectivity index (χ3v) is 3.38. The highest BCUT2D eigenvalue weighted by Crippen LogP contribution is 2.26. The van der Waals surface area contributed by atoms with Gasteiger partial charge in [0.1, 0.15) is 17.2 Å². The highest BCUT2D eigenvalue weighted by molar-refractivity contribution is 5.75. The molecule has 120 valence electrons. The van der Waals surface area contributed by atoms with Crippen LogP contribution in [0.3, 0.4) is 0 Å². The van der Waals surface area contributed by atoms with Crippen LogP contribution < -0.4 is 9.47 Å². The summed E-state index contributed by atoms with van der Waals surface area (Å²) in [4.78, 5) is 11.5. The molecule has 1 atom stereocenters. The zero-order valence-electron chi connectivity index (χ0n) is 12.8. The standard InChI is InChI=1S/C20H16O4/c21-20(22)19(24-17-9-5-2-6-10-17)15-11-13-18(14-12-15)23-16-7-3-1-4-8-16/h1-14,19H,(H,21,22)/t19-/m0/s1. The number of aliphatic carboxylic acids is 1. The van der Waals surface area contributed by atoms with E-state index in [1.165, 1.54) is 0 Å². The third-order valence-electron chi connectivity index (χ3n) is 3.38. The fourth-order valence-electron chi connectivity index (χ4n) is 2.23. The van der Waals surface area contributed by atoms with E-state index in [0.29, 0.717) is 17.1 Å². The van der Waals surface area contributed by atoms with Gasteiger partial charge in [-0.05, 0) is 36.4 Å². The predicted octanol–water partition coefficient (Wildman–Crippen LogP) is 4.68. The summed E-state index contributed by atoms with van der Waals surface area (Å²) < 4.78 is 11.3. The number of carboxylic acids is 1. The van der Waals surface area contributed by atoms with Crippen LogP contribution in [-0.4, -0.2) is 11.1 Å². The molecule has 0 heterocycles. The van der Waals surface area contributed by atoms with Crippen molar-refractivity contribution in [2.75, 3.05) is 0 Å². The van der Waals surface area contributed by atoms with Crippen molar-refractivity contribution < 1.29 is 19.4 Å². The second-order valence-electron chi connectivity index (χ2n) is 5.13. The summed E-state index contributed by atoms with van der Waals surface area (Å²) in [5, 5.41) is 9.44. The molecule has 0 unspecified atom stereocenters. The van der Waals surface area contributed by atoms with Gasteiger partial charge in [0.25, 0.3) is 0 Å². The van der Waals surface area contributed by atoms with Crippen LogP contribution in [0.5, 0.6) is 17.2 Å². The molecule has 0 saturated heterocycles. The number of carbonyl (C=O) groups is 1. The Morgan fingerprint density at radius 2 is 1.21 bits per heavy atom. The lowest BCUT2D eigenvalue weighted by atomic mass is 10.1. The summed E-state index contributed by atoms with van der Waals surface area (Å²) in [6.07, 6.45) is -1.07. The van der Waals surface area contributed by atoms with Gasteiger partial charge < -0.3 is 14.6 Å². The third kappa shape index (κ3) is 3.93. The second kappa shape index (κ2) is 7.33. The Hall–Kier alpha value is -3.27. The molecule has 0 bridgehead atoms. The highest BCUT2D eigenvalue weighted by Gasteiger charge is 2.21. The summed E-state index contributed by atoms with van der Waals surface area (Å²) in [6, 6.07) is 25.1. The van der Waals surface area contributed by atoms with E-state index < -0.39 is 12.1 Å². The Balaban J connectivity index is 1.75. The number of hydrogen-bond donors (Lipinski definition) is 1.